The number of carbonyl (C=O) groups is 1. The Morgan fingerprint density at radius 2 is 1.80 bits per heavy atom. The summed E-state index contributed by atoms with van der Waals surface area (Å²) in [6, 6.07) is 26.9. The van der Waals surface area contributed by atoms with Crippen molar-refractivity contribution in [3.8, 4) is 28.8 Å². The third kappa shape index (κ3) is 4.26. The molecule has 41 heavy (non-hydrogen) atoms. The summed E-state index contributed by atoms with van der Waals surface area (Å²) in [5.74, 6) is 2.96. The number of carbonyl (C=O) groups excluding carboxylic acids is 1. The Morgan fingerprint density at radius 3 is 2.59 bits per heavy atom. The zero-order valence-electron chi connectivity index (χ0n) is 22.8. The number of rotatable bonds is 5. The summed E-state index contributed by atoms with van der Waals surface area (Å²) in [7, 11) is 1.65. The number of fused-ring (bicyclic) bond motifs is 4. The van der Waals surface area contributed by atoms with E-state index in [1.54, 1.807) is 13.2 Å². The van der Waals surface area contributed by atoms with Crippen LogP contribution in [0.5, 0.6) is 17.2 Å². The summed E-state index contributed by atoms with van der Waals surface area (Å²) >= 11 is 0. The van der Waals surface area contributed by atoms with Gasteiger partial charge in [-0.25, -0.2) is 9.48 Å². The van der Waals surface area contributed by atoms with Crippen molar-refractivity contribution in [3.63, 3.8) is 0 Å². The lowest BCUT2D eigenvalue weighted by Crippen LogP contribution is -2.38. The quantitative estimate of drug-likeness (QED) is 0.288. The van der Waals surface area contributed by atoms with Gasteiger partial charge in [0.15, 0.2) is 11.5 Å². The van der Waals surface area contributed by atoms with Crippen LogP contribution < -0.4 is 19.5 Å². The van der Waals surface area contributed by atoms with Crippen LogP contribution in [0.1, 0.15) is 35.5 Å². The van der Waals surface area contributed by atoms with E-state index < -0.39 is 0 Å². The van der Waals surface area contributed by atoms with Crippen molar-refractivity contribution in [1.82, 2.24) is 19.2 Å². The number of nitrogens with one attached hydrogen (secondary N) is 1. The molecule has 0 radical (unpaired) electrons. The normalized spacial score (nSPS) is 15.2. The second-order valence-electron chi connectivity index (χ2n) is 9.95. The molecule has 1 N–H and O–H groups in total. The number of anilines is 1. The van der Waals surface area contributed by atoms with Gasteiger partial charge in [0.2, 0.25) is 6.79 Å². The number of ether oxygens (including phenoxy) is 3. The first kappa shape index (κ1) is 24.8. The van der Waals surface area contributed by atoms with Gasteiger partial charge in [-0.2, -0.15) is 5.10 Å². The molecule has 206 valence electrons. The van der Waals surface area contributed by atoms with E-state index in [1.807, 2.05) is 88.6 Å². The maximum absolute atomic E-state index is 14.2. The molecule has 0 bridgehead atoms. The molecule has 1 unspecified atom stereocenters. The molecule has 5 aromatic rings. The molecule has 0 fully saturated rings. The summed E-state index contributed by atoms with van der Waals surface area (Å²) in [4.78, 5) is 16.1. The zero-order chi connectivity index (χ0) is 27.9. The highest BCUT2D eigenvalue weighted by molar-refractivity contribution is 5.90. The lowest BCUT2D eigenvalue weighted by atomic mass is 10.0. The number of nitrogens with zero attached hydrogens (tertiary/aromatic N) is 4. The van der Waals surface area contributed by atoms with Gasteiger partial charge in [-0.15, -0.1) is 0 Å². The number of amides is 2. The van der Waals surface area contributed by atoms with Crippen molar-refractivity contribution in [2.24, 2.45) is 0 Å². The van der Waals surface area contributed by atoms with Crippen molar-refractivity contribution in [1.29, 1.82) is 0 Å². The van der Waals surface area contributed by atoms with Crippen LogP contribution in [-0.2, 0) is 13.0 Å². The Kier molecular flexibility index (Phi) is 6.11. The first-order valence-electron chi connectivity index (χ1n) is 13.6. The maximum Gasteiger partial charge on any atom is 0.322 e. The fourth-order valence-electron chi connectivity index (χ4n) is 5.65. The van der Waals surface area contributed by atoms with Crippen molar-refractivity contribution in [2.45, 2.75) is 25.9 Å². The summed E-state index contributed by atoms with van der Waals surface area (Å²) < 4.78 is 20.6. The molecule has 3 aromatic carbocycles. The summed E-state index contributed by atoms with van der Waals surface area (Å²) in [6.07, 6.45) is 2.77. The molecule has 0 aliphatic carbocycles. The van der Waals surface area contributed by atoms with Gasteiger partial charge in [0.25, 0.3) is 0 Å². The van der Waals surface area contributed by atoms with Gasteiger partial charge < -0.3 is 29.0 Å². The average molecular weight is 548 g/mol. The smallest absolute Gasteiger partial charge is 0.322 e. The first-order valence-corrected chi connectivity index (χ1v) is 13.6. The SMILES string of the molecule is CCc1nn(-c2ccccc2)c2c1CN(C(=O)Nc1ccc3c(c1)OCO3)C(c1ccc(OC)cc1)c1cccn1-2. The summed E-state index contributed by atoms with van der Waals surface area (Å²) in [5.41, 5.74) is 5.46. The number of hydrogen-bond acceptors (Lipinski definition) is 5. The van der Waals surface area contributed by atoms with E-state index in [9.17, 15) is 4.79 Å². The third-order valence-electron chi connectivity index (χ3n) is 7.62. The minimum absolute atomic E-state index is 0.170. The van der Waals surface area contributed by atoms with Gasteiger partial charge in [0.1, 0.15) is 11.6 Å². The Labute approximate surface area is 237 Å². The first-order chi connectivity index (χ1) is 20.1. The van der Waals surface area contributed by atoms with Gasteiger partial charge in [-0.1, -0.05) is 37.3 Å². The molecule has 2 aromatic heterocycles. The maximum atomic E-state index is 14.2. The number of urea groups is 1. The van der Waals surface area contributed by atoms with Crippen LogP contribution in [0.4, 0.5) is 10.5 Å². The van der Waals surface area contributed by atoms with E-state index in [-0.39, 0.29) is 18.9 Å². The molecule has 4 heterocycles. The van der Waals surface area contributed by atoms with Crippen LogP contribution in [0.3, 0.4) is 0 Å². The van der Waals surface area contributed by atoms with E-state index in [0.29, 0.717) is 23.7 Å². The van der Waals surface area contributed by atoms with E-state index in [1.165, 1.54) is 0 Å². The topological polar surface area (TPSA) is 82.8 Å². The summed E-state index contributed by atoms with van der Waals surface area (Å²) in [5, 5.41) is 8.14. The number of para-hydroxylation sites is 1. The molecule has 2 aliphatic heterocycles. The van der Waals surface area contributed by atoms with Gasteiger partial charge in [0.05, 0.1) is 36.8 Å². The zero-order valence-corrected chi connectivity index (χ0v) is 22.8. The predicted molar refractivity (Wildman–Crippen MR) is 154 cm³/mol. The van der Waals surface area contributed by atoms with Gasteiger partial charge >= 0.3 is 6.03 Å². The van der Waals surface area contributed by atoms with Crippen LogP contribution in [-0.4, -0.2) is 39.2 Å². The number of benzene rings is 3. The van der Waals surface area contributed by atoms with E-state index in [2.05, 4.69) is 22.9 Å². The molecule has 9 heteroatoms. The largest absolute Gasteiger partial charge is 0.497 e. The van der Waals surface area contributed by atoms with E-state index in [4.69, 9.17) is 19.3 Å². The summed E-state index contributed by atoms with van der Waals surface area (Å²) in [6.45, 7) is 2.63. The van der Waals surface area contributed by atoms with Crippen LogP contribution in [0, 0.1) is 0 Å². The molecule has 2 aliphatic rings. The highest BCUT2D eigenvalue weighted by Crippen LogP contribution is 2.40. The molecular weight excluding hydrogens is 518 g/mol. The van der Waals surface area contributed by atoms with Crippen molar-refractivity contribution >= 4 is 11.7 Å². The van der Waals surface area contributed by atoms with Gasteiger partial charge in [-0.05, 0) is 60.5 Å². The molecule has 1 atom stereocenters. The lowest BCUT2D eigenvalue weighted by molar-refractivity contribution is 0.174. The van der Waals surface area contributed by atoms with Crippen molar-refractivity contribution < 1.29 is 19.0 Å². The number of hydrogen-bond donors (Lipinski definition) is 1. The van der Waals surface area contributed by atoms with Crippen LogP contribution in [0.2, 0.25) is 0 Å². The highest BCUT2D eigenvalue weighted by atomic mass is 16.7. The second kappa shape index (κ2) is 10.1. The van der Waals surface area contributed by atoms with Gasteiger partial charge in [0, 0.05) is 23.5 Å². The van der Waals surface area contributed by atoms with E-state index >= 15 is 0 Å². The molecule has 7 rings (SSSR count). The fourth-order valence-corrected chi connectivity index (χ4v) is 5.65. The molecular formula is C32H29N5O4. The molecule has 2 amide bonds. The Bertz CT molecular complexity index is 1730. The predicted octanol–water partition coefficient (Wildman–Crippen LogP) is 6.10. The Hall–Kier alpha value is -5.18. The van der Waals surface area contributed by atoms with Crippen LogP contribution in [0.25, 0.3) is 11.5 Å². The Balaban J connectivity index is 1.38. The second-order valence-corrected chi connectivity index (χ2v) is 9.95. The van der Waals surface area contributed by atoms with E-state index in [0.717, 1.165) is 46.2 Å². The molecule has 0 spiro atoms. The number of aryl methyl sites for hydroxylation is 1. The highest BCUT2D eigenvalue weighted by Gasteiger charge is 2.36. The number of methoxy groups -OCH3 is 1. The third-order valence-corrected chi connectivity index (χ3v) is 7.62. The van der Waals surface area contributed by atoms with Gasteiger partial charge in [-0.3, -0.25) is 0 Å². The minimum Gasteiger partial charge on any atom is -0.497 e. The standard InChI is InChI=1S/C32H29N5O4/c1-3-26-25-19-36(32(38)33-22-13-16-28-29(18-22)41-20-40-28)30(21-11-14-24(39-2)15-12-21)27-10-7-17-35(27)31(25)37(34-26)23-8-5-4-6-9-23/h4-18,30H,3,19-20H2,1-2H3,(H,33,38). The molecule has 0 saturated heterocycles. The average Bonchev–Trinajstić information content (AvgIpc) is 3.74. The Morgan fingerprint density at radius 1 is 1.00 bits per heavy atom. The molecule has 0 saturated carbocycles. The van der Waals surface area contributed by atoms with Crippen molar-refractivity contribution in [2.75, 3.05) is 19.2 Å². The van der Waals surface area contributed by atoms with Crippen LogP contribution in [0.15, 0.2) is 91.1 Å². The van der Waals surface area contributed by atoms with Crippen molar-refractivity contribution in [3.05, 3.63) is 114 Å². The van der Waals surface area contributed by atoms with Crippen LogP contribution >= 0.6 is 0 Å². The lowest BCUT2D eigenvalue weighted by Gasteiger charge is -2.31. The monoisotopic (exact) mass is 547 g/mol. The fraction of sp³-hybridized carbons (Fsp3) is 0.188. The minimum atomic E-state index is -0.383. The number of aromatic nitrogens is 3. The molecule has 9 nitrogen and oxygen atoms in total.